The molecule has 4 N–H and O–H groups in total. The molecule has 1 amide bonds. The van der Waals surface area contributed by atoms with Gasteiger partial charge < -0.3 is 21.3 Å². The van der Waals surface area contributed by atoms with E-state index in [1.54, 1.807) is 0 Å². The molecule has 0 spiro atoms. The van der Waals surface area contributed by atoms with Gasteiger partial charge in [0, 0.05) is 38.6 Å². The van der Waals surface area contributed by atoms with Crippen molar-refractivity contribution in [2.75, 3.05) is 42.1 Å². The molecular formula is C16H17F3N6O. The minimum Gasteiger partial charge on any atom is -0.382 e. The summed E-state index contributed by atoms with van der Waals surface area (Å²) in [5.74, 6) is -0.813. The van der Waals surface area contributed by atoms with E-state index >= 15 is 0 Å². The molecule has 1 saturated heterocycles. The standard InChI is InChI=1S/C16H17F3N6O/c17-16(18,19)10-1-2-12(25-7-5-21-6-8-25)11(9-10)24-15(26)13-14(20)23-4-3-22-13/h1-4,9,21H,5-8H2,(H2,20,23)(H,24,26). The van der Waals surface area contributed by atoms with Crippen LogP contribution in [-0.2, 0) is 6.18 Å². The number of nitrogens with zero attached hydrogens (tertiary/aromatic N) is 3. The van der Waals surface area contributed by atoms with Crippen LogP contribution in [0.4, 0.5) is 30.4 Å². The van der Waals surface area contributed by atoms with Crippen LogP contribution in [-0.4, -0.2) is 42.1 Å². The number of piperazine rings is 1. The first-order valence-corrected chi connectivity index (χ1v) is 7.91. The smallest absolute Gasteiger partial charge is 0.382 e. The topological polar surface area (TPSA) is 96.2 Å². The second kappa shape index (κ2) is 7.16. The zero-order valence-electron chi connectivity index (χ0n) is 13.7. The zero-order valence-corrected chi connectivity index (χ0v) is 13.7. The van der Waals surface area contributed by atoms with Crippen molar-refractivity contribution in [2.24, 2.45) is 0 Å². The molecule has 3 rings (SSSR count). The first kappa shape index (κ1) is 17.9. The Balaban J connectivity index is 1.96. The number of carbonyl (C=O) groups is 1. The molecule has 138 valence electrons. The molecule has 1 aliphatic heterocycles. The van der Waals surface area contributed by atoms with Crippen molar-refractivity contribution in [1.82, 2.24) is 15.3 Å². The van der Waals surface area contributed by atoms with E-state index < -0.39 is 17.6 Å². The minimum absolute atomic E-state index is 0.0526. The maximum absolute atomic E-state index is 13.1. The number of halogens is 3. The van der Waals surface area contributed by atoms with Crippen LogP contribution >= 0.6 is 0 Å². The van der Waals surface area contributed by atoms with Gasteiger partial charge in [0.1, 0.15) is 0 Å². The first-order valence-electron chi connectivity index (χ1n) is 7.91. The minimum atomic E-state index is -4.52. The first-order chi connectivity index (χ1) is 12.4. The van der Waals surface area contributed by atoms with Crippen molar-refractivity contribution < 1.29 is 18.0 Å². The molecule has 26 heavy (non-hydrogen) atoms. The molecule has 2 aromatic rings. The average molecular weight is 366 g/mol. The van der Waals surface area contributed by atoms with Crippen LogP contribution in [0.2, 0.25) is 0 Å². The van der Waals surface area contributed by atoms with Crippen LogP contribution in [0.3, 0.4) is 0 Å². The van der Waals surface area contributed by atoms with Crippen LogP contribution in [0.1, 0.15) is 16.1 Å². The molecule has 10 heteroatoms. The van der Waals surface area contributed by atoms with Gasteiger partial charge >= 0.3 is 6.18 Å². The van der Waals surface area contributed by atoms with Crippen LogP contribution < -0.4 is 21.3 Å². The van der Waals surface area contributed by atoms with Gasteiger partial charge in [0.25, 0.3) is 5.91 Å². The van der Waals surface area contributed by atoms with E-state index in [1.807, 2.05) is 4.90 Å². The molecule has 2 heterocycles. The third-order valence-electron chi connectivity index (χ3n) is 3.97. The third-order valence-corrected chi connectivity index (χ3v) is 3.97. The van der Waals surface area contributed by atoms with E-state index in [1.165, 1.54) is 18.5 Å². The maximum Gasteiger partial charge on any atom is 0.416 e. The van der Waals surface area contributed by atoms with Crippen LogP contribution in [0.5, 0.6) is 0 Å². The molecule has 1 fully saturated rings. The summed E-state index contributed by atoms with van der Waals surface area (Å²) in [7, 11) is 0. The lowest BCUT2D eigenvalue weighted by Gasteiger charge is -2.31. The highest BCUT2D eigenvalue weighted by Crippen LogP contribution is 2.35. The molecule has 7 nitrogen and oxygen atoms in total. The molecular weight excluding hydrogens is 349 g/mol. The number of alkyl halides is 3. The number of nitrogen functional groups attached to an aromatic ring is 1. The van der Waals surface area contributed by atoms with Gasteiger partial charge in [-0.05, 0) is 18.2 Å². The number of aromatic nitrogens is 2. The predicted molar refractivity (Wildman–Crippen MR) is 90.9 cm³/mol. The summed E-state index contributed by atoms with van der Waals surface area (Å²) < 4.78 is 39.3. The molecule has 0 atom stereocenters. The van der Waals surface area contributed by atoms with Crippen molar-refractivity contribution in [1.29, 1.82) is 0 Å². The lowest BCUT2D eigenvalue weighted by Crippen LogP contribution is -2.43. The second-order valence-corrected chi connectivity index (χ2v) is 5.71. The molecule has 0 bridgehead atoms. The fourth-order valence-corrected chi connectivity index (χ4v) is 2.70. The van der Waals surface area contributed by atoms with Gasteiger partial charge in [-0.3, -0.25) is 4.79 Å². The molecule has 1 aromatic heterocycles. The van der Waals surface area contributed by atoms with E-state index in [0.717, 1.165) is 12.1 Å². The molecule has 0 aliphatic carbocycles. The van der Waals surface area contributed by atoms with E-state index in [2.05, 4.69) is 20.6 Å². The number of anilines is 3. The van der Waals surface area contributed by atoms with Gasteiger partial charge in [-0.25, -0.2) is 9.97 Å². The maximum atomic E-state index is 13.1. The Morgan fingerprint density at radius 1 is 1.19 bits per heavy atom. The van der Waals surface area contributed by atoms with Crippen LogP contribution in [0, 0.1) is 0 Å². The predicted octanol–water partition coefficient (Wildman–Crippen LogP) is 1.74. The van der Waals surface area contributed by atoms with E-state index in [4.69, 9.17) is 5.73 Å². The van der Waals surface area contributed by atoms with Crippen molar-refractivity contribution in [3.8, 4) is 0 Å². The summed E-state index contributed by atoms with van der Waals surface area (Å²) in [6.45, 7) is 2.63. The number of nitrogens with one attached hydrogen (secondary N) is 2. The highest BCUT2D eigenvalue weighted by Gasteiger charge is 2.32. The Bertz CT molecular complexity index is 805. The highest BCUT2D eigenvalue weighted by molar-refractivity contribution is 6.07. The normalized spacial score (nSPS) is 15.0. The Hall–Kier alpha value is -2.88. The van der Waals surface area contributed by atoms with E-state index in [-0.39, 0.29) is 17.2 Å². The summed E-state index contributed by atoms with van der Waals surface area (Å²) in [4.78, 5) is 21.9. The van der Waals surface area contributed by atoms with Crippen molar-refractivity contribution in [3.63, 3.8) is 0 Å². The Kier molecular flexibility index (Phi) is 4.94. The van der Waals surface area contributed by atoms with Crippen LogP contribution in [0.25, 0.3) is 0 Å². The Labute approximate surface area is 147 Å². The largest absolute Gasteiger partial charge is 0.416 e. The molecule has 0 unspecified atom stereocenters. The number of hydrogen-bond donors (Lipinski definition) is 3. The highest BCUT2D eigenvalue weighted by atomic mass is 19.4. The SMILES string of the molecule is Nc1nccnc1C(=O)Nc1cc(C(F)(F)F)ccc1N1CCNCC1. The monoisotopic (exact) mass is 366 g/mol. The quantitative estimate of drug-likeness (QED) is 0.766. The van der Waals surface area contributed by atoms with Gasteiger partial charge in [-0.2, -0.15) is 13.2 Å². The number of rotatable bonds is 3. The lowest BCUT2D eigenvalue weighted by atomic mass is 10.1. The van der Waals surface area contributed by atoms with Crippen molar-refractivity contribution in [2.45, 2.75) is 6.18 Å². The summed E-state index contributed by atoms with van der Waals surface area (Å²) >= 11 is 0. The van der Waals surface area contributed by atoms with Gasteiger partial charge in [0.05, 0.1) is 16.9 Å². The molecule has 0 radical (unpaired) electrons. The number of nitrogens with two attached hydrogens (primary N) is 1. The fraction of sp³-hybridized carbons (Fsp3) is 0.312. The van der Waals surface area contributed by atoms with Crippen molar-refractivity contribution in [3.05, 3.63) is 41.9 Å². The average Bonchev–Trinajstić information content (AvgIpc) is 2.62. The van der Waals surface area contributed by atoms with Gasteiger partial charge in [0.2, 0.25) is 0 Å². The Morgan fingerprint density at radius 2 is 1.88 bits per heavy atom. The number of hydrogen-bond acceptors (Lipinski definition) is 6. The lowest BCUT2D eigenvalue weighted by molar-refractivity contribution is -0.137. The fourth-order valence-electron chi connectivity index (χ4n) is 2.70. The molecule has 0 saturated carbocycles. The van der Waals surface area contributed by atoms with E-state index in [9.17, 15) is 18.0 Å². The number of amides is 1. The summed E-state index contributed by atoms with van der Waals surface area (Å²) in [6.07, 6.45) is -1.91. The zero-order chi connectivity index (χ0) is 18.7. The van der Waals surface area contributed by atoms with Crippen molar-refractivity contribution >= 4 is 23.1 Å². The summed E-state index contributed by atoms with van der Waals surface area (Å²) in [6, 6.07) is 3.29. The second-order valence-electron chi connectivity index (χ2n) is 5.71. The third kappa shape index (κ3) is 3.85. The van der Waals surface area contributed by atoms with Gasteiger partial charge in [-0.1, -0.05) is 0 Å². The summed E-state index contributed by atoms with van der Waals surface area (Å²) in [5, 5.41) is 5.66. The van der Waals surface area contributed by atoms with Gasteiger partial charge in [-0.15, -0.1) is 0 Å². The summed E-state index contributed by atoms with van der Waals surface area (Å²) in [5.41, 5.74) is 5.19. The Morgan fingerprint density at radius 3 is 2.54 bits per heavy atom. The van der Waals surface area contributed by atoms with Gasteiger partial charge in [0.15, 0.2) is 11.5 Å². The van der Waals surface area contributed by atoms with E-state index in [0.29, 0.717) is 31.9 Å². The van der Waals surface area contributed by atoms with Crippen LogP contribution in [0.15, 0.2) is 30.6 Å². The molecule has 1 aromatic carbocycles. The number of carbonyl (C=O) groups excluding carboxylic acids is 1. The molecule has 1 aliphatic rings. The number of benzene rings is 1.